The Bertz CT molecular complexity index is 367. The van der Waals surface area contributed by atoms with Gasteiger partial charge in [-0.3, -0.25) is 0 Å². The SMILES string of the molecule is COc1ccc(CC2CCC(N)CC2)cc1C. The van der Waals surface area contributed by atoms with Gasteiger partial charge in [0, 0.05) is 6.04 Å². The Morgan fingerprint density at radius 3 is 2.53 bits per heavy atom. The molecule has 0 radical (unpaired) electrons. The predicted molar refractivity (Wildman–Crippen MR) is 71.4 cm³/mol. The van der Waals surface area contributed by atoms with E-state index in [-0.39, 0.29) is 0 Å². The predicted octanol–water partition coefficient (Wildman–Crippen LogP) is 3.06. The fourth-order valence-electron chi connectivity index (χ4n) is 2.79. The van der Waals surface area contributed by atoms with Crippen molar-refractivity contribution in [2.45, 2.75) is 45.1 Å². The van der Waals surface area contributed by atoms with Crippen LogP contribution in [0.4, 0.5) is 0 Å². The highest BCUT2D eigenvalue weighted by Gasteiger charge is 2.18. The maximum absolute atomic E-state index is 5.94. The van der Waals surface area contributed by atoms with Crippen molar-refractivity contribution in [1.82, 2.24) is 0 Å². The van der Waals surface area contributed by atoms with Crippen molar-refractivity contribution >= 4 is 0 Å². The van der Waals surface area contributed by atoms with Crippen molar-refractivity contribution in [3.63, 3.8) is 0 Å². The first-order chi connectivity index (χ1) is 8.19. The third kappa shape index (κ3) is 3.22. The lowest BCUT2D eigenvalue weighted by atomic mass is 9.82. The molecule has 2 nitrogen and oxygen atoms in total. The number of hydrogen-bond acceptors (Lipinski definition) is 2. The summed E-state index contributed by atoms with van der Waals surface area (Å²) in [5, 5.41) is 0. The van der Waals surface area contributed by atoms with E-state index in [0.717, 1.165) is 11.7 Å². The number of aryl methyl sites for hydroxylation is 1. The summed E-state index contributed by atoms with van der Waals surface area (Å²) >= 11 is 0. The molecule has 17 heavy (non-hydrogen) atoms. The number of nitrogens with two attached hydrogens (primary N) is 1. The highest BCUT2D eigenvalue weighted by atomic mass is 16.5. The lowest BCUT2D eigenvalue weighted by Gasteiger charge is -2.26. The fraction of sp³-hybridized carbons (Fsp3) is 0.600. The number of ether oxygens (including phenoxy) is 1. The summed E-state index contributed by atoms with van der Waals surface area (Å²) in [7, 11) is 1.73. The van der Waals surface area contributed by atoms with Gasteiger partial charge in [-0.1, -0.05) is 12.1 Å². The zero-order valence-corrected chi connectivity index (χ0v) is 10.9. The van der Waals surface area contributed by atoms with Crippen LogP contribution in [-0.4, -0.2) is 13.2 Å². The minimum atomic E-state index is 0.448. The van der Waals surface area contributed by atoms with Crippen LogP contribution in [0.15, 0.2) is 18.2 Å². The standard InChI is InChI=1S/C15H23NO/c1-11-9-13(5-8-15(11)17-2)10-12-3-6-14(16)7-4-12/h5,8-9,12,14H,3-4,6-7,10,16H2,1-2H3. The Kier molecular flexibility index (Phi) is 4.06. The average molecular weight is 233 g/mol. The van der Waals surface area contributed by atoms with E-state index in [4.69, 9.17) is 10.5 Å². The molecule has 94 valence electrons. The second kappa shape index (κ2) is 5.54. The molecule has 0 unspecified atom stereocenters. The number of hydrogen-bond donors (Lipinski definition) is 1. The van der Waals surface area contributed by atoms with Gasteiger partial charge >= 0.3 is 0 Å². The van der Waals surface area contributed by atoms with Gasteiger partial charge in [-0.25, -0.2) is 0 Å². The minimum Gasteiger partial charge on any atom is -0.496 e. The Morgan fingerprint density at radius 1 is 1.24 bits per heavy atom. The molecule has 1 saturated carbocycles. The maximum Gasteiger partial charge on any atom is 0.121 e. The van der Waals surface area contributed by atoms with Gasteiger partial charge in [-0.15, -0.1) is 0 Å². The molecule has 0 aliphatic heterocycles. The van der Waals surface area contributed by atoms with E-state index in [0.29, 0.717) is 6.04 Å². The Hall–Kier alpha value is -1.02. The molecule has 0 atom stereocenters. The smallest absolute Gasteiger partial charge is 0.121 e. The first kappa shape index (κ1) is 12.4. The van der Waals surface area contributed by atoms with Crippen LogP contribution in [0.1, 0.15) is 36.8 Å². The molecular formula is C15H23NO. The highest BCUT2D eigenvalue weighted by molar-refractivity contribution is 5.36. The van der Waals surface area contributed by atoms with Crippen molar-refractivity contribution in [2.75, 3.05) is 7.11 Å². The quantitative estimate of drug-likeness (QED) is 0.871. The molecule has 0 bridgehead atoms. The lowest BCUT2D eigenvalue weighted by molar-refractivity contribution is 0.324. The largest absolute Gasteiger partial charge is 0.496 e. The number of methoxy groups -OCH3 is 1. The molecule has 1 aliphatic rings. The zero-order chi connectivity index (χ0) is 12.3. The second-order valence-corrected chi connectivity index (χ2v) is 5.29. The van der Waals surface area contributed by atoms with Gasteiger partial charge in [0.1, 0.15) is 5.75 Å². The first-order valence-corrected chi connectivity index (χ1v) is 6.58. The van der Waals surface area contributed by atoms with Crippen LogP contribution in [0.25, 0.3) is 0 Å². The zero-order valence-electron chi connectivity index (χ0n) is 10.9. The Labute approximate surface area is 104 Å². The molecule has 0 amide bonds. The average Bonchev–Trinajstić information content (AvgIpc) is 2.32. The van der Waals surface area contributed by atoms with Crippen molar-refractivity contribution < 1.29 is 4.74 Å². The molecule has 1 fully saturated rings. The van der Waals surface area contributed by atoms with Crippen LogP contribution in [0.5, 0.6) is 5.75 Å². The Balaban J connectivity index is 1.97. The van der Waals surface area contributed by atoms with Crippen molar-refractivity contribution in [2.24, 2.45) is 11.7 Å². The van der Waals surface area contributed by atoms with E-state index < -0.39 is 0 Å². The van der Waals surface area contributed by atoms with Gasteiger partial charge in [0.2, 0.25) is 0 Å². The molecule has 0 heterocycles. The third-order valence-electron chi connectivity index (χ3n) is 3.88. The molecule has 2 rings (SSSR count). The summed E-state index contributed by atoms with van der Waals surface area (Å²) in [5.74, 6) is 1.81. The van der Waals surface area contributed by atoms with Crippen molar-refractivity contribution in [3.8, 4) is 5.75 Å². The molecule has 2 heteroatoms. The summed E-state index contributed by atoms with van der Waals surface area (Å²) in [6, 6.07) is 6.98. The van der Waals surface area contributed by atoms with Gasteiger partial charge in [-0.05, 0) is 62.1 Å². The van der Waals surface area contributed by atoms with Gasteiger partial charge in [-0.2, -0.15) is 0 Å². The van der Waals surface area contributed by atoms with E-state index in [1.54, 1.807) is 7.11 Å². The highest BCUT2D eigenvalue weighted by Crippen LogP contribution is 2.28. The van der Waals surface area contributed by atoms with Crippen molar-refractivity contribution in [1.29, 1.82) is 0 Å². The topological polar surface area (TPSA) is 35.2 Å². The lowest BCUT2D eigenvalue weighted by Crippen LogP contribution is -2.27. The van der Waals surface area contributed by atoms with Crippen LogP contribution in [-0.2, 0) is 6.42 Å². The summed E-state index contributed by atoms with van der Waals surface area (Å²) in [4.78, 5) is 0. The molecule has 1 aromatic carbocycles. The number of rotatable bonds is 3. The van der Waals surface area contributed by atoms with Crippen molar-refractivity contribution in [3.05, 3.63) is 29.3 Å². The first-order valence-electron chi connectivity index (χ1n) is 6.58. The fourth-order valence-corrected chi connectivity index (χ4v) is 2.79. The normalized spacial score (nSPS) is 24.6. The van der Waals surface area contributed by atoms with E-state index in [1.807, 2.05) is 0 Å². The van der Waals surface area contributed by atoms with E-state index >= 15 is 0 Å². The molecule has 2 N–H and O–H groups in total. The minimum absolute atomic E-state index is 0.448. The molecule has 0 aromatic heterocycles. The van der Waals surface area contributed by atoms with Gasteiger partial charge in [0.05, 0.1) is 7.11 Å². The summed E-state index contributed by atoms with van der Waals surface area (Å²) < 4.78 is 5.29. The van der Waals surface area contributed by atoms with Gasteiger partial charge in [0.25, 0.3) is 0 Å². The molecule has 1 aromatic rings. The molecular weight excluding hydrogens is 210 g/mol. The Morgan fingerprint density at radius 2 is 1.94 bits per heavy atom. The van der Waals surface area contributed by atoms with E-state index in [2.05, 4.69) is 25.1 Å². The molecule has 1 aliphatic carbocycles. The third-order valence-corrected chi connectivity index (χ3v) is 3.88. The van der Waals surface area contributed by atoms with Gasteiger partial charge < -0.3 is 10.5 Å². The maximum atomic E-state index is 5.94. The van der Waals surface area contributed by atoms with Crippen LogP contribution in [0.2, 0.25) is 0 Å². The number of benzene rings is 1. The molecule has 0 spiro atoms. The van der Waals surface area contributed by atoms with Crippen LogP contribution < -0.4 is 10.5 Å². The summed E-state index contributed by atoms with van der Waals surface area (Å²) in [6.45, 7) is 2.11. The van der Waals surface area contributed by atoms with E-state index in [1.165, 1.54) is 43.2 Å². The van der Waals surface area contributed by atoms with Crippen LogP contribution in [0.3, 0.4) is 0 Å². The van der Waals surface area contributed by atoms with Crippen LogP contribution >= 0.6 is 0 Å². The van der Waals surface area contributed by atoms with Crippen LogP contribution in [0, 0.1) is 12.8 Å². The van der Waals surface area contributed by atoms with E-state index in [9.17, 15) is 0 Å². The second-order valence-electron chi connectivity index (χ2n) is 5.29. The van der Waals surface area contributed by atoms with Gasteiger partial charge in [0.15, 0.2) is 0 Å². The monoisotopic (exact) mass is 233 g/mol. The molecule has 0 saturated heterocycles. The summed E-state index contributed by atoms with van der Waals surface area (Å²) in [6.07, 6.45) is 6.15. The summed E-state index contributed by atoms with van der Waals surface area (Å²) in [5.41, 5.74) is 8.60.